The number of thiophene rings is 1. The normalized spacial score (nSPS) is 14.7. The van der Waals surface area contributed by atoms with Crippen molar-refractivity contribution in [2.45, 2.75) is 50.7 Å². The maximum Gasteiger partial charge on any atom is 0.249 e. The fourth-order valence-electron chi connectivity index (χ4n) is 4.95. The zero-order valence-electron chi connectivity index (χ0n) is 21.5. The van der Waals surface area contributed by atoms with Gasteiger partial charge in [-0.25, -0.2) is 4.68 Å². The number of fused-ring (bicyclic) bond motifs is 1. The Kier molecular flexibility index (Phi) is 7.88. The Bertz CT molecular complexity index is 1380. The molecule has 9 nitrogen and oxygen atoms in total. The minimum atomic E-state index is -0.879. The number of carbonyl (C=O) groups excluding carboxylic acids is 2. The van der Waals surface area contributed by atoms with E-state index in [-0.39, 0.29) is 24.4 Å². The molecule has 4 aromatic rings. The summed E-state index contributed by atoms with van der Waals surface area (Å²) in [5.41, 5.74) is 1.93. The topological polar surface area (TPSA) is 98.6 Å². The predicted molar refractivity (Wildman–Crippen MR) is 147 cm³/mol. The van der Waals surface area contributed by atoms with E-state index >= 15 is 0 Å². The van der Waals surface area contributed by atoms with E-state index in [4.69, 9.17) is 9.47 Å². The van der Waals surface area contributed by atoms with Gasteiger partial charge in [-0.3, -0.25) is 14.5 Å². The number of nitrogens with zero attached hydrogens (tertiary/aromatic N) is 4. The second-order valence-corrected chi connectivity index (χ2v) is 10.3. The molecule has 2 aromatic heterocycles. The van der Waals surface area contributed by atoms with Crippen molar-refractivity contribution < 1.29 is 19.1 Å². The summed E-state index contributed by atoms with van der Waals surface area (Å²) < 4.78 is 12.6. The first-order valence-electron chi connectivity index (χ1n) is 12.7. The first-order chi connectivity index (χ1) is 18.6. The van der Waals surface area contributed by atoms with E-state index in [0.717, 1.165) is 36.1 Å². The molecular weight excluding hydrogens is 502 g/mol. The molecule has 0 spiro atoms. The lowest BCUT2D eigenvalue weighted by Crippen LogP contribution is -2.48. The summed E-state index contributed by atoms with van der Waals surface area (Å²) in [6.45, 7) is -0.0986. The Morgan fingerprint density at radius 2 is 1.79 bits per heavy atom. The number of hydrogen-bond acceptors (Lipinski definition) is 7. The molecule has 2 amide bonds. The van der Waals surface area contributed by atoms with Crippen LogP contribution in [0.25, 0.3) is 11.0 Å². The molecule has 0 radical (unpaired) electrons. The van der Waals surface area contributed by atoms with Crippen LogP contribution in [0.1, 0.15) is 43.0 Å². The van der Waals surface area contributed by atoms with Crippen LogP contribution in [-0.4, -0.2) is 47.1 Å². The van der Waals surface area contributed by atoms with E-state index in [2.05, 4.69) is 15.6 Å². The van der Waals surface area contributed by atoms with E-state index < -0.39 is 6.04 Å². The molecule has 1 aliphatic carbocycles. The van der Waals surface area contributed by atoms with Crippen LogP contribution in [0.3, 0.4) is 0 Å². The number of hydrogen-bond donors (Lipinski definition) is 1. The molecule has 198 valence electrons. The highest BCUT2D eigenvalue weighted by atomic mass is 32.1. The highest BCUT2D eigenvalue weighted by Gasteiger charge is 2.35. The van der Waals surface area contributed by atoms with Gasteiger partial charge in [-0.1, -0.05) is 42.7 Å². The molecule has 1 atom stereocenters. The number of para-hydroxylation sites is 1. The van der Waals surface area contributed by atoms with E-state index in [1.165, 1.54) is 22.7 Å². The summed E-state index contributed by atoms with van der Waals surface area (Å²) in [7, 11) is 3.11. The Hall–Kier alpha value is -3.92. The molecule has 0 saturated heterocycles. The molecule has 5 rings (SSSR count). The number of methoxy groups -OCH3 is 2. The number of amides is 2. The summed E-state index contributed by atoms with van der Waals surface area (Å²) >= 11 is 1.44. The van der Waals surface area contributed by atoms with Gasteiger partial charge in [0.05, 0.1) is 25.4 Å². The van der Waals surface area contributed by atoms with Gasteiger partial charge in [0, 0.05) is 29.1 Å². The first-order valence-corrected chi connectivity index (χ1v) is 13.6. The third-order valence-electron chi connectivity index (χ3n) is 6.86. The molecular formula is C28H31N5O4S. The summed E-state index contributed by atoms with van der Waals surface area (Å²) in [6, 6.07) is 15.7. The van der Waals surface area contributed by atoms with Gasteiger partial charge in [-0.05, 0) is 36.4 Å². The van der Waals surface area contributed by atoms with Crippen LogP contribution < -0.4 is 19.7 Å². The van der Waals surface area contributed by atoms with Gasteiger partial charge < -0.3 is 14.8 Å². The van der Waals surface area contributed by atoms with Gasteiger partial charge in [0.2, 0.25) is 11.8 Å². The van der Waals surface area contributed by atoms with Gasteiger partial charge in [0.15, 0.2) is 0 Å². The fraction of sp³-hybridized carbons (Fsp3) is 0.357. The molecule has 1 saturated carbocycles. The standard InChI is InChI=1S/C28H31N5O4S/c1-36-21-15-20(16-22(17-21)37-2)33(26(34)18-32-24-12-7-6-11-23(24)30-31-32)27(25-13-8-14-38-25)28(35)29-19-9-4-3-5-10-19/h6-8,11-17,19,27H,3-5,9-10,18H2,1-2H3,(H,29,35)/t27-/m1/s1. The van der Waals surface area contributed by atoms with Crippen LogP contribution in [0.15, 0.2) is 60.0 Å². The lowest BCUT2D eigenvalue weighted by molar-refractivity contribution is -0.127. The van der Waals surface area contributed by atoms with Crippen LogP contribution in [0.2, 0.25) is 0 Å². The third kappa shape index (κ3) is 5.50. The molecule has 0 bridgehead atoms. The van der Waals surface area contributed by atoms with Crippen molar-refractivity contribution in [3.63, 3.8) is 0 Å². The van der Waals surface area contributed by atoms with E-state index in [9.17, 15) is 9.59 Å². The average Bonchev–Trinajstić information content (AvgIpc) is 3.62. The molecule has 2 aromatic carbocycles. The van der Waals surface area contributed by atoms with Crippen molar-refractivity contribution in [1.82, 2.24) is 20.3 Å². The van der Waals surface area contributed by atoms with Crippen molar-refractivity contribution in [3.05, 3.63) is 64.9 Å². The van der Waals surface area contributed by atoms with Crippen LogP contribution in [-0.2, 0) is 16.1 Å². The first kappa shape index (κ1) is 25.7. The summed E-state index contributed by atoms with van der Waals surface area (Å²) in [5.74, 6) is 0.507. The highest BCUT2D eigenvalue weighted by molar-refractivity contribution is 7.10. The fourth-order valence-corrected chi connectivity index (χ4v) is 5.77. The predicted octanol–water partition coefficient (Wildman–Crippen LogP) is 4.73. The Morgan fingerprint density at radius 3 is 2.47 bits per heavy atom. The van der Waals surface area contributed by atoms with Crippen molar-refractivity contribution in [2.24, 2.45) is 0 Å². The van der Waals surface area contributed by atoms with Crippen molar-refractivity contribution in [3.8, 4) is 11.5 Å². The van der Waals surface area contributed by atoms with Crippen molar-refractivity contribution in [1.29, 1.82) is 0 Å². The number of nitrogens with one attached hydrogen (secondary N) is 1. The minimum Gasteiger partial charge on any atom is -0.497 e. The zero-order valence-corrected chi connectivity index (χ0v) is 22.3. The Balaban J connectivity index is 1.57. The second kappa shape index (κ2) is 11.6. The molecule has 2 heterocycles. The molecule has 38 heavy (non-hydrogen) atoms. The number of aromatic nitrogens is 3. The Morgan fingerprint density at radius 1 is 1.05 bits per heavy atom. The maximum absolute atomic E-state index is 14.2. The molecule has 1 fully saturated rings. The average molecular weight is 534 g/mol. The zero-order chi connectivity index (χ0) is 26.5. The third-order valence-corrected chi connectivity index (χ3v) is 7.78. The molecule has 1 N–H and O–H groups in total. The molecule has 0 unspecified atom stereocenters. The minimum absolute atomic E-state index is 0.0924. The van der Waals surface area contributed by atoms with Crippen molar-refractivity contribution in [2.75, 3.05) is 19.1 Å². The quantitative estimate of drug-likeness (QED) is 0.334. The number of ether oxygens (including phenoxy) is 2. The smallest absolute Gasteiger partial charge is 0.249 e. The largest absolute Gasteiger partial charge is 0.497 e. The molecule has 0 aliphatic heterocycles. The van der Waals surface area contributed by atoms with Crippen LogP contribution >= 0.6 is 11.3 Å². The van der Waals surface area contributed by atoms with Gasteiger partial charge in [0.25, 0.3) is 0 Å². The molecule has 1 aliphatic rings. The van der Waals surface area contributed by atoms with Crippen LogP contribution in [0.4, 0.5) is 5.69 Å². The van der Waals surface area contributed by atoms with Crippen LogP contribution in [0, 0.1) is 0 Å². The maximum atomic E-state index is 14.2. The summed E-state index contributed by atoms with van der Waals surface area (Å²) in [4.78, 5) is 30.4. The summed E-state index contributed by atoms with van der Waals surface area (Å²) in [5, 5.41) is 13.5. The van der Waals surface area contributed by atoms with Gasteiger partial charge in [0.1, 0.15) is 29.6 Å². The Labute approximate surface area is 225 Å². The monoisotopic (exact) mass is 533 g/mol. The second-order valence-electron chi connectivity index (χ2n) is 9.33. The van der Waals surface area contributed by atoms with Crippen LogP contribution in [0.5, 0.6) is 11.5 Å². The number of anilines is 1. The lowest BCUT2D eigenvalue weighted by Gasteiger charge is -2.33. The van der Waals surface area contributed by atoms with E-state index in [1.807, 2.05) is 41.8 Å². The highest BCUT2D eigenvalue weighted by Crippen LogP contribution is 2.36. The SMILES string of the molecule is COc1cc(OC)cc(N(C(=O)Cn2nnc3ccccc32)[C@@H](C(=O)NC2CCCCC2)c2cccs2)c1. The van der Waals surface area contributed by atoms with Gasteiger partial charge in [-0.2, -0.15) is 0 Å². The number of carbonyl (C=O) groups is 2. The van der Waals surface area contributed by atoms with Gasteiger partial charge >= 0.3 is 0 Å². The summed E-state index contributed by atoms with van der Waals surface area (Å²) in [6.07, 6.45) is 5.23. The lowest BCUT2D eigenvalue weighted by atomic mass is 9.95. The van der Waals surface area contributed by atoms with E-state index in [1.54, 1.807) is 37.1 Å². The van der Waals surface area contributed by atoms with Crippen molar-refractivity contribution >= 4 is 39.9 Å². The number of rotatable bonds is 9. The van der Waals surface area contributed by atoms with Gasteiger partial charge in [-0.15, -0.1) is 16.4 Å². The molecule has 10 heteroatoms. The van der Waals surface area contributed by atoms with E-state index in [0.29, 0.717) is 22.7 Å². The number of benzene rings is 2.